The lowest BCUT2D eigenvalue weighted by Gasteiger charge is -2.19. The maximum Gasteiger partial charge on any atom is 0.416 e. The fourth-order valence-electron chi connectivity index (χ4n) is 2.91. The van der Waals surface area contributed by atoms with E-state index in [0.29, 0.717) is 18.0 Å². The van der Waals surface area contributed by atoms with Gasteiger partial charge in [-0.25, -0.2) is 0 Å². The molecule has 3 rings (SSSR count). The highest BCUT2D eigenvalue weighted by molar-refractivity contribution is 5.35. The Hall–Kier alpha value is -2.09. The first-order valence-electron chi connectivity index (χ1n) is 8.51. The Kier molecular flexibility index (Phi) is 5.80. The first-order chi connectivity index (χ1) is 12.4. The highest BCUT2D eigenvalue weighted by Crippen LogP contribution is 2.31. The molecule has 0 spiro atoms. The van der Waals surface area contributed by atoms with Gasteiger partial charge in [0.15, 0.2) is 0 Å². The lowest BCUT2D eigenvalue weighted by molar-refractivity contribution is -0.137. The molecule has 0 saturated carbocycles. The summed E-state index contributed by atoms with van der Waals surface area (Å²) in [6.07, 6.45) is -3.00. The van der Waals surface area contributed by atoms with Crippen molar-refractivity contribution in [2.24, 2.45) is 0 Å². The van der Waals surface area contributed by atoms with Crippen molar-refractivity contribution in [1.29, 1.82) is 0 Å². The molecule has 1 heterocycles. The number of aliphatic hydroxyl groups excluding tert-OH is 1. The summed E-state index contributed by atoms with van der Waals surface area (Å²) in [7, 11) is 0. The fraction of sp³-hybridized carbons (Fsp3) is 0.368. The second-order valence-electron chi connectivity index (χ2n) is 6.30. The number of hydrogen-bond acceptors (Lipinski definition) is 4. The second-order valence-corrected chi connectivity index (χ2v) is 6.30. The Morgan fingerprint density at radius 2 is 1.92 bits per heavy atom. The van der Waals surface area contributed by atoms with E-state index in [9.17, 15) is 18.3 Å². The Labute approximate surface area is 150 Å². The molecule has 2 aromatic rings. The number of nitrogens with one attached hydrogen (secondary N) is 2. The zero-order valence-electron chi connectivity index (χ0n) is 14.1. The van der Waals surface area contributed by atoms with E-state index >= 15 is 0 Å². The second kappa shape index (κ2) is 8.07. The monoisotopic (exact) mass is 366 g/mol. The molecular weight excluding hydrogens is 345 g/mol. The summed E-state index contributed by atoms with van der Waals surface area (Å²) in [5.74, 6) is 0.857. The van der Waals surface area contributed by atoms with Crippen LogP contribution in [0.2, 0.25) is 0 Å². The molecule has 0 radical (unpaired) electrons. The topological polar surface area (TPSA) is 53.5 Å². The molecule has 0 aliphatic carbocycles. The van der Waals surface area contributed by atoms with Crippen molar-refractivity contribution in [2.75, 3.05) is 6.54 Å². The van der Waals surface area contributed by atoms with Gasteiger partial charge in [0.2, 0.25) is 0 Å². The number of halogens is 3. The number of aliphatic hydroxyl groups is 1. The maximum absolute atomic E-state index is 12.6. The summed E-state index contributed by atoms with van der Waals surface area (Å²) >= 11 is 0. The summed E-state index contributed by atoms with van der Waals surface area (Å²) in [4.78, 5) is 0. The van der Waals surface area contributed by atoms with Crippen LogP contribution >= 0.6 is 0 Å². The lowest BCUT2D eigenvalue weighted by Crippen LogP contribution is -2.44. The molecule has 4 nitrogen and oxygen atoms in total. The van der Waals surface area contributed by atoms with Crippen molar-refractivity contribution >= 4 is 0 Å². The molecule has 1 saturated heterocycles. The molecule has 0 bridgehead atoms. The van der Waals surface area contributed by atoms with Gasteiger partial charge in [0, 0.05) is 12.6 Å². The molecule has 1 aliphatic heterocycles. The summed E-state index contributed by atoms with van der Waals surface area (Å²) in [5, 5.41) is 16.4. The van der Waals surface area contributed by atoms with E-state index in [1.165, 1.54) is 12.1 Å². The third kappa shape index (κ3) is 4.97. The summed E-state index contributed by atoms with van der Waals surface area (Å²) in [5.41, 5.74) is 0.198. The Bertz CT molecular complexity index is 713. The van der Waals surface area contributed by atoms with Crippen LogP contribution in [0.15, 0.2) is 48.5 Å². The van der Waals surface area contributed by atoms with Crippen LogP contribution in [-0.4, -0.2) is 23.9 Å². The van der Waals surface area contributed by atoms with Gasteiger partial charge in [-0.1, -0.05) is 12.1 Å². The van der Waals surface area contributed by atoms with Gasteiger partial charge in [0.1, 0.15) is 17.7 Å². The molecule has 2 atom stereocenters. The van der Waals surface area contributed by atoms with Crippen molar-refractivity contribution in [2.45, 2.75) is 37.8 Å². The maximum atomic E-state index is 12.6. The van der Waals surface area contributed by atoms with Crippen molar-refractivity contribution in [3.63, 3.8) is 0 Å². The Morgan fingerprint density at radius 1 is 1.15 bits per heavy atom. The summed E-state index contributed by atoms with van der Waals surface area (Å²) in [6, 6.07) is 11.8. The van der Waals surface area contributed by atoms with E-state index in [-0.39, 0.29) is 6.04 Å². The highest BCUT2D eigenvalue weighted by atomic mass is 19.4. The van der Waals surface area contributed by atoms with Gasteiger partial charge >= 0.3 is 6.18 Å². The van der Waals surface area contributed by atoms with E-state index < -0.39 is 18.0 Å². The van der Waals surface area contributed by atoms with Gasteiger partial charge in [-0.05, 0) is 61.3 Å². The normalized spacial score (nSPS) is 18.7. The molecule has 1 aliphatic rings. The summed E-state index contributed by atoms with van der Waals surface area (Å²) < 4.78 is 43.4. The molecule has 0 amide bonds. The van der Waals surface area contributed by atoms with Gasteiger partial charge < -0.3 is 15.2 Å². The van der Waals surface area contributed by atoms with Crippen LogP contribution < -0.4 is 15.4 Å². The van der Waals surface area contributed by atoms with Crippen molar-refractivity contribution < 1.29 is 23.0 Å². The number of benzene rings is 2. The lowest BCUT2D eigenvalue weighted by atomic mass is 10.1. The fourth-order valence-corrected chi connectivity index (χ4v) is 2.91. The SMILES string of the molecule is OC(NCc1cccc(Oc2ccc(C(F)(F)F)cc2)c1)C1CCCN1. The largest absolute Gasteiger partial charge is 0.457 e. The molecule has 0 aromatic heterocycles. The van der Waals surface area contributed by atoms with Crippen LogP contribution in [0.4, 0.5) is 13.2 Å². The Morgan fingerprint density at radius 3 is 2.58 bits per heavy atom. The molecule has 1 fully saturated rings. The number of ether oxygens (including phenoxy) is 1. The van der Waals surface area contributed by atoms with Crippen LogP contribution in [0.5, 0.6) is 11.5 Å². The van der Waals surface area contributed by atoms with E-state index in [4.69, 9.17) is 4.74 Å². The van der Waals surface area contributed by atoms with Gasteiger partial charge in [-0.3, -0.25) is 5.32 Å². The van der Waals surface area contributed by atoms with Crippen LogP contribution in [0.25, 0.3) is 0 Å². The van der Waals surface area contributed by atoms with Crippen LogP contribution in [0, 0.1) is 0 Å². The minimum atomic E-state index is -4.36. The standard InChI is InChI=1S/C19H21F3N2O2/c20-19(21,22)14-6-8-15(9-7-14)26-16-4-1-3-13(11-16)12-24-18(25)17-5-2-10-23-17/h1,3-4,6-9,11,17-18,23-25H,2,5,10,12H2. The number of hydrogen-bond donors (Lipinski definition) is 3. The first-order valence-corrected chi connectivity index (χ1v) is 8.51. The smallest absolute Gasteiger partial charge is 0.416 e. The number of rotatable bonds is 6. The van der Waals surface area contributed by atoms with Crippen LogP contribution in [0.1, 0.15) is 24.0 Å². The van der Waals surface area contributed by atoms with Gasteiger partial charge in [0.25, 0.3) is 0 Å². The van der Waals surface area contributed by atoms with Crippen molar-refractivity contribution in [3.05, 3.63) is 59.7 Å². The predicted molar refractivity (Wildman–Crippen MR) is 91.8 cm³/mol. The quantitative estimate of drug-likeness (QED) is 0.683. The first kappa shape index (κ1) is 18.7. The minimum absolute atomic E-state index is 0.0570. The molecular formula is C19H21F3N2O2. The van der Waals surface area contributed by atoms with Crippen molar-refractivity contribution in [3.8, 4) is 11.5 Å². The number of alkyl halides is 3. The average Bonchev–Trinajstić information content (AvgIpc) is 3.14. The third-order valence-corrected chi connectivity index (χ3v) is 4.31. The molecule has 2 unspecified atom stereocenters. The van der Waals surface area contributed by atoms with Crippen LogP contribution in [-0.2, 0) is 12.7 Å². The van der Waals surface area contributed by atoms with Gasteiger partial charge in [-0.2, -0.15) is 13.2 Å². The predicted octanol–water partition coefficient (Wildman–Crippen LogP) is 3.66. The molecule has 26 heavy (non-hydrogen) atoms. The van der Waals surface area contributed by atoms with E-state index in [0.717, 1.165) is 37.1 Å². The molecule has 140 valence electrons. The molecule has 2 aromatic carbocycles. The zero-order chi connectivity index (χ0) is 18.6. The summed E-state index contributed by atoms with van der Waals surface area (Å²) in [6.45, 7) is 1.38. The van der Waals surface area contributed by atoms with Gasteiger partial charge in [-0.15, -0.1) is 0 Å². The van der Waals surface area contributed by atoms with Crippen molar-refractivity contribution in [1.82, 2.24) is 10.6 Å². The minimum Gasteiger partial charge on any atom is -0.457 e. The van der Waals surface area contributed by atoms with E-state index in [1.807, 2.05) is 6.07 Å². The van der Waals surface area contributed by atoms with Gasteiger partial charge in [0.05, 0.1) is 5.56 Å². The highest BCUT2D eigenvalue weighted by Gasteiger charge is 2.30. The zero-order valence-corrected chi connectivity index (χ0v) is 14.1. The van der Waals surface area contributed by atoms with Crippen LogP contribution in [0.3, 0.4) is 0 Å². The molecule has 3 N–H and O–H groups in total. The average molecular weight is 366 g/mol. The van der Waals surface area contributed by atoms with E-state index in [1.54, 1.807) is 18.2 Å². The third-order valence-electron chi connectivity index (χ3n) is 4.31. The molecule has 7 heteroatoms. The Balaban J connectivity index is 1.58. The van der Waals surface area contributed by atoms with E-state index in [2.05, 4.69) is 10.6 Å².